The van der Waals surface area contributed by atoms with Gasteiger partial charge in [0.1, 0.15) is 11.5 Å². The van der Waals surface area contributed by atoms with Gasteiger partial charge in [-0.15, -0.1) is 24.0 Å². The van der Waals surface area contributed by atoms with Gasteiger partial charge in [-0.05, 0) is 30.5 Å². The van der Waals surface area contributed by atoms with E-state index >= 15 is 0 Å². The Hall–Kier alpha value is -1.96. The topological polar surface area (TPSA) is 68.9 Å². The van der Waals surface area contributed by atoms with Crippen LogP contribution in [0, 0.1) is 0 Å². The van der Waals surface area contributed by atoms with Crippen LogP contribution < -0.4 is 20.5 Å². The molecule has 1 aliphatic carbocycles. The Bertz CT molecular complexity index is 746. The summed E-state index contributed by atoms with van der Waals surface area (Å²) in [5, 5.41) is 3.13. The minimum absolute atomic E-state index is 0. The Morgan fingerprint density at radius 2 is 1.85 bits per heavy atom. The van der Waals surface area contributed by atoms with Crippen molar-refractivity contribution in [2.24, 2.45) is 10.7 Å². The van der Waals surface area contributed by atoms with Crippen LogP contribution in [0.25, 0.3) is 0 Å². The molecule has 3 N–H and O–H groups in total. The first kappa shape index (κ1) is 20.4. The molecule has 0 aromatic heterocycles. The lowest BCUT2D eigenvalue weighted by Crippen LogP contribution is -2.38. The zero-order valence-electron chi connectivity index (χ0n) is 15.2. The van der Waals surface area contributed by atoms with Gasteiger partial charge in [0.05, 0.1) is 26.5 Å². The van der Waals surface area contributed by atoms with Crippen LogP contribution in [0.3, 0.4) is 0 Å². The predicted molar refractivity (Wildman–Crippen MR) is 117 cm³/mol. The molecule has 0 spiro atoms. The highest BCUT2D eigenvalue weighted by molar-refractivity contribution is 14.0. The lowest BCUT2D eigenvalue weighted by Gasteiger charge is -2.41. The van der Waals surface area contributed by atoms with E-state index in [0.29, 0.717) is 18.3 Å². The van der Waals surface area contributed by atoms with Gasteiger partial charge in [-0.3, -0.25) is 4.99 Å². The molecular formula is C20H26IN3O2. The van der Waals surface area contributed by atoms with E-state index < -0.39 is 0 Å². The smallest absolute Gasteiger partial charge is 0.193 e. The number of nitrogens with zero attached hydrogens (tertiary/aromatic N) is 1. The summed E-state index contributed by atoms with van der Waals surface area (Å²) in [6, 6.07) is 16.1. The lowest BCUT2D eigenvalue weighted by molar-refractivity contribution is 0.254. The van der Waals surface area contributed by atoms with Crippen molar-refractivity contribution in [1.29, 1.82) is 0 Å². The number of benzene rings is 2. The zero-order valence-corrected chi connectivity index (χ0v) is 17.5. The van der Waals surface area contributed by atoms with Crippen LogP contribution in [-0.4, -0.2) is 26.7 Å². The maximum absolute atomic E-state index is 6.13. The molecule has 2 aromatic carbocycles. The Balaban J connectivity index is 0.00000243. The Morgan fingerprint density at radius 1 is 1.12 bits per heavy atom. The summed E-state index contributed by atoms with van der Waals surface area (Å²) in [7, 11) is 3.25. The number of hydrogen-bond donors (Lipinski definition) is 2. The van der Waals surface area contributed by atoms with Crippen LogP contribution >= 0.6 is 24.0 Å². The third-order valence-corrected chi connectivity index (χ3v) is 4.92. The molecule has 0 atom stereocenters. The molecule has 2 aromatic rings. The first-order valence-corrected chi connectivity index (χ1v) is 8.51. The highest BCUT2D eigenvalue weighted by Crippen LogP contribution is 2.43. The van der Waals surface area contributed by atoms with Crippen LogP contribution in [0.4, 0.5) is 5.69 Å². The molecule has 140 valence electrons. The van der Waals surface area contributed by atoms with Crippen molar-refractivity contribution in [1.82, 2.24) is 0 Å². The summed E-state index contributed by atoms with van der Waals surface area (Å²) < 4.78 is 10.6. The van der Waals surface area contributed by atoms with Crippen LogP contribution in [0.15, 0.2) is 53.5 Å². The predicted octanol–water partition coefficient (Wildman–Crippen LogP) is 4.17. The minimum atomic E-state index is 0. The highest BCUT2D eigenvalue weighted by Gasteiger charge is 2.38. The summed E-state index contributed by atoms with van der Waals surface area (Å²) in [4.78, 5) is 4.61. The van der Waals surface area contributed by atoms with E-state index in [9.17, 15) is 0 Å². The van der Waals surface area contributed by atoms with Crippen molar-refractivity contribution in [3.8, 4) is 11.5 Å². The molecule has 3 rings (SSSR count). The van der Waals surface area contributed by atoms with E-state index in [1.54, 1.807) is 14.2 Å². The number of ether oxygens (including phenoxy) is 2. The average Bonchev–Trinajstić information content (AvgIpc) is 2.61. The fraction of sp³-hybridized carbons (Fsp3) is 0.350. The average molecular weight is 467 g/mol. The minimum Gasteiger partial charge on any atom is -0.497 e. The van der Waals surface area contributed by atoms with E-state index in [1.807, 2.05) is 24.3 Å². The second kappa shape index (κ2) is 9.12. The molecule has 0 aliphatic heterocycles. The van der Waals surface area contributed by atoms with Crippen molar-refractivity contribution < 1.29 is 9.47 Å². The number of nitrogens with two attached hydrogens (primary N) is 1. The second-order valence-electron chi connectivity index (χ2n) is 6.39. The third-order valence-electron chi connectivity index (χ3n) is 4.92. The van der Waals surface area contributed by atoms with E-state index in [2.05, 4.69) is 34.6 Å². The maximum atomic E-state index is 6.13. The molecule has 1 fully saturated rings. The van der Waals surface area contributed by atoms with Crippen LogP contribution in [0.1, 0.15) is 24.8 Å². The van der Waals surface area contributed by atoms with Crippen molar-refractivity contribution >= 4 is 35.6 Å². The summed E-state index contributed by atoms with van der Waals surface area (Å²) in [6.45, 7) is 0.683. The number of methoxy groups -OCH3 is 2. The molecule has 0 bridgehead atoms. The van der Waals surface area contributed by atoms with Gasteiger partial charge in [0.25, 0.3) is 0 Å². The number of anilines is 1. The number of hydrogen-bond acceptors (Lipinski definition) is 3. The Morgan fingerprint density at radius 3 is 2.42 bits per heavy atom. The van der Waals surface area contributed by atoms with Crippen molar-refractivity contribution in [2.75, 3.05) is 26.1 Å². The normalized spacial score (nSPS) is 15.4. The fourth-order valence-electron chi connectivity index (χ4n) is 3.26. The molecule has 0 radical (unpaired) electrons. The molecule has 0 saturated heterocycles. The van der Waals surface area contributed by atoms with E-state index in [-0.39, 0.29) is 29.4 Å². The molecular weight excluding hydrogens is 441 g/mol. The molecule has 26 heavy (non-hydrogen) atoms. The van der Waals surface area contributed by atoms with Crippen molar-refractivity contribution in [2.45, 2.75) is 24.7 Å². The zero-order chi connectivity index (χ0) is 17.7. The molecule has 6 heteroatoms. The van der Waals surface area contributed by atoms with E-state index in [4.69, 9.17) is 15.2 Å². The summed E-state index contributed by atoms with van der Waals surface area (Å²) in [5.74, 6) is 1.81. The highest BCUT2D eigenvalue weighted by atomic mass is 127. The van der Waals surface area contributed by atoms with Gasteiger partial charge in [0.2, 0.25) is 0 Å². The van der Waals surface area contributed by atoms with Gasteiger partial charge in [-0.1, -0.05) is 36.8 Å². The largest absolute Gasteiger partial charge is 0.497 e. The number of rotatable bonds is 6. The quantitative estimate of drug-likeness (QED) is 0.380. The van der Waals surface area contributed by atoms with Gasteiger partial charge in [0.15, 0.2) is 5.96 Å². The summed E-state index contributed by atoms with van der Waals surface area (Å²) in [5.41, 5.74) is 8.33. The first-order chi connectivity index (χ1) is 12.2. The van der Waals surface area contributed by atoms with Crippen LogP contribution in [-0.2, 0) is 5.41 Å². The molecule has 0 amide bonds. The maximum Gasteiger partial charge on any atom is 0.193 e. The van der Waals surface area contributed by atoms with Gasteiger partial charge >= 0.3 is 0 Å². The van der Waals surface area contributed by atoms with Gasteiger partial charge in [-0.25, -0.2) is 0 Å². The lowest BCUT2D eigenvalue weighted by atomic mass is 9.64. The van der Waals surface area contributed by atoms with E-state index in [0.717, 1.165) is 24.3 Å². The van der Waals surface area contributed by atoms with Crippen LogP contribution in [0.2, 0.25) is 0 Å². The number of guanidine groups is 1. The van der Waals surface area contributed by atoms with E-state index in [1.165, 1.54) is 12.0 Å². The summed E-state index contributed by atoms with van der Waals surface area (Å²) in [6.07, 6.45) is 3.54. The Kier molecular flexibility index (Phi) is 7.14. The van der Waals surface area contributed by atoms with Gasteiger partial charge in [-0.2, -0.15) is 0 Å². The Labute approximate surface area is 172 Å². The standard InChI is InChI=1S/C20H25N3O2.HI/c1-24-16-9-10-18(25-2)17(13-16)23-19(21)22-14-20(11-6-12-20)15-7-4-3-5-8-15;/h3-5,7-10,13H,6,11-12,14H2,1-2H3,(H3,21,22,23);1H. The number of nitrogens with one attached hydrogen (secondary N) is 1. The molecule has 0 heterocycles. The monoisotopic (exact) mass is 467 g/mol. The third kappa shape index (κ3) is 4.41. The number of halogens is 1. The molecule has 1 saturated carbocycles. The van der Waals surface area contributed by atoms with Gasteiger partial charge < -0.3 is 20.5 Å². The first-order valence-electron chi connectivity index (χ1n) is 8.51. The van der Waals surface area contributed by atoms with Crippen molar-refractivity contribution in [3.63, 3.8) is 0 Å². The molecule has 5 nitrogen and oxygen atoms in total. The van der Waals surface area contributed by atoms with Gasteiger partial charge in [0, 0.05) is 11.5 Å². The molecule has 1 aliphatic rings. The SMILES string of the molecule is COc1ccc(OC)c(NC(N)=NCC2(c3ccccc3)CCC2)c1.I. The fourth-order valence-corrected chi connectivity index (χ4v) is 3.26. The summed E-state index contributed by atoms with van der Waals surface area (Å²) >= 11 is 0. The van der Waals surface area contributed by atoms with Crippen molar-refractivity contribution in [3.05, 3.63) is 54.1 Å². The van der Waals surface area contributed by atoms with Crippen LogP contribution in [0.5, 0.6) is 11.5 Å². The molecule has 0 unspecified atom stereocenters. The second-order valence-corrected chi connectivity index (χ2v) is 6.39. The number of aliphatic imine (C=N–C) groups is 1.